The molecule has 0 bridgehead atoms. The average molecular weight is 315 g/mol. The Morgan fingerprint density at radius 2 is 2.00 bits per heavy atom. The van der Waals surface area contributed by atoms with Crippen LogP contribution < -0.4 is 0 Å². The lowest BCUT2D eigenvalue weighted by molar-refractivity contribution is -0.150. The lowest BCUT2D eigenvalue weighted by Gasteiger charge is -2.39. The second-order valence-corrected chi connectivity index (χ2v) is 8.65. The van der Waals surface area contributed by atoms with E-state index in [0.717, 1.165) is 12.8 Å². The van der Waals surface area contributed by atoms with Crippen molar-refractivity contribution in [2.75, 3.05) is 12.3 Å². The summed E-state index contributed by atoms with van der Waals surface area (Å²) in [7, 11) is -0.811. The van der Waals surface area contributed by atoms with Crippen LogP contribution in [0.2, 0.25) is 0 Å². The summed E-state index contributed by atoms with van der Waals surface area (Å²) >= 11 is 0. The van der Waals surface area contributed by atoms with Gasteiger partial charge in [0, 0.05) is 29.1 Å². The van der Waals surface area contributed by atoms with Crippen LogP contribution in [0.25, 0.3) is 0 Å². The fourth-order valence-electron chi connectivity index (χ4n) is 3.44. The van der Waals surface area contributed by atoms with E-state index >= 15 is 0 Å². The Kier molecular flexibility index (Phi) is 5.83. The largest absolute Gasteiger partial charge is 0.365 e. The highest BCUT2D eigenvalue weighted by Crippen LogP contribution is 2.27. The van der Waals surface area contributed by atoms with Gasteiger partial charge in [0.25, 0.3) is 5.91 Å². The van der Waals surface area contributed by atoms with Gasteiger partial charge in [-0.1, -0.05) is 19.8 Å². The van der Waals surface area contributed by atoms with Gasteiger partial charge < -0.3 is 9.64 Å². The van der Waals surface area contributed by atoms with Crippen LogP contribution in [0, 0.1) is 5.92 Å². The highest BCUT2D eigenvalue weighted by atomic mass is 32.2. The Bertz CT molecular complexity index is 401. The molecule has 2 aliphatic rings. The Morgan fingerprint density at radius 3 is 2.67 bits per heavy atom. The molecule has 21 heavy (non-hydrogen) atoms. The Labute approximate surface area is 131 Å². The number of rotatable bonds is 3. The van der Waals surface area contributed by atoms with Crippen LogP contribution >= 0.6 is 0 Å². The number of carbonyl (C=O) groups excluding carboxylic acids is 1. The van der Waals surface area contributed by atoms with Crippen molar-refractivity contribution in [2.24, 2.45) is 5.92 Å². The van der Waals surface area contributed by atoms with E-state index in [1.54, 1.807) is 0 Å². The maximum Gasteiger partial charge on any atom is 0.251 e. The van der Waals surface area contributed by atoms with E-state index in [0.29, 0.717) is 18.2 Å². The predicted molar refractivity (Wildman–Crippen MR) is 85.6 cm³/mol. The molecule has 5 heteroatoms. The van der Waals surface area contributed by atoms with Gasteiger partial charge in [-0.3, -0.25) is 9.00 Å². The molecule has 2 rings (SSSR count). The molecular weight excluding hydrogens is 286 g/mol. The summed E-state index contributed by atoms with van der Waals surface area (Å²) in [5.74, 6) is 1.34. The van der Waals surface area contributed by atoms with Crippen molar-refractivity contribution in [1.29, 1.82) is 0 Å². The van der Waals surface area contributed by atoms with Crippen LogP contribution in [0.15, 0.2) is 0 Å². The van der Waals surface area contributed by atoms with Gasteiger partial charge >= 0.3 is 0 Å². The van der Waals surface area contributed by atoms with Gasteiger partial charge in [0.1, 0.15) is 6.10 Å². The maximum absolute atomic E-state index is 12.6. The molecule has 0 spiro atoms. The van der Waals surface area contributed by atoms with E-state index in [-0.39, 0.29) is 29.4 Å². The zero-order valence-electron chi connectivity index (χ0n) is 13.7. The average Bonchev–Trinajstić information content (AvgIpc) is 2.44. The van der Waals surface area contributed by atoms with Crippen LogP contribution in [0.1, 0.15) is 53.4 Å². The first-order chi connectivity index (χ1) is 9.90. The smallest absolute Gasteiger partial charge is 0.251 e. The quantitative estimate of drug-likeness (QED) is 0.803. The molecule has 1 heterocycles. The molecule has 2 fully saturated rings. The highest BCUT2D eigenvalue weighted by molar-refractivity contribution is 7.85. The molecule has 1 saturated carbocycles. The molecular formula is C16H29NO3S. The zero-order valence-corrected chi connectivity index (χ0v) is 14.5. The number of hydrogen-bond acceptors (Lipinski definition) is 3. The van der Waals surface area contributed by atoms with Crippen LogP contribution in [-0.2, 0) is 20.3 Å². The molecule has 0 radical (unpaired) electrons. The van der Waals surface area contributed by atoms with E-state index in [4.69, 9.17) is 4.74 Å². The standard InChI is InChI=1S/C16H29NO3S/c1-11-6-5-7-15(10-11)20-13(3)16(18)17-8-9-21(19)14(4)12(17)2/h11-15H,5-10H2,1-4H3. The molecule has 0 N–H and O–H groups in total. The van der Waals surface area contributed by atoms with Crippen molar-refractivity contribution in [3.8, 4) is 0 Å². The van der Waals surface area contributed by atoms with E-state index in [2.05, 4.69) is 6.92 Å². The van der Waals surface area contributed by atoms with Crippen molar-refractivity contribution in [1.82, 2.24) is 4.90 Å². The number of carbonyl (C=O) groups is 1. The molecule has 1 amide bonds. The summed E-state index contributed by atoms with van der Waals surface area (Å²) in [6.07, 6.45) is 4.43. The monoisotopic (exact) mass is 315 g/mol. The summed E-state index contributed by atoms with van der Waals surface area (Å²) in [6, 6.07) is 0.0309. The molecule has 1 aliphatic carbocycles. The van der Waals surface area contributed by atoms with Crippen LogP contribution in [0.3, 0.4) is 0 Å². The summed E-state index contributed by atoms with van der Waals surface area (Å²) < 4.78 is 17.9. The Morgan fingerprint density at radius 1 is 1.29 bits per heavy atom. The van der Waals surface area contributed by atoms with Crippen LogP contribution in [-0.4, -0.2) is 50.8 Å². The molecule has 0 aromatic rings. The first-order valence-electron chi connectivity index (χ1n) is 8.23. The predicted octanol–water partition coefficient (Wildman–Crippen LogP) is 2.34. The number of amides is 1. The minimum atomic E-state index is -0.811. The first kappa shape index (κ1) is 16.9. The van der Waals surface area contributed by atoms with E-state index in [9.17, 15) is 9.00 Å². The Hall–Kier alpha value is -0.420. The van der Waals surface area contributed by atoms with Gasteiger partial charge in [-0.05, 0) is 39.5 Å². The first-order valence-corrected chi connectivity index (χ1v) is 9.61. The van der Waals surface area contributed by atoms with Crippen molar-refractivity contribution >= 4 is 16.7 Å². The van der Waals surface area contributed by atoms with E-state index < -0.39 is 10.8 Å². The van der Waals surface area contributed by atoms with Gasteiger partial charge in [0.15, 0.2) is 0 Å². The third-order valence-corrected chi connectivity index (χ3v) is 6.84. The second-order valence-electron chi connectivity index (χ2n) is 6.73. The molecule has 6 atom stereocenters. The topological polar surface area (TPSA) is 46.6 Å². The number of ether oxygens (including phenoxy) is 1. The molecule has 1 aliphatic heterocycles. The van der Waals surface area contributed by atoms with Crippen molar-refractivity contribution in [3.63, 3.8) is 0 Å². The van der Waals surface area contributed by atoms with Crippen LogP contribution in [0.5, 0.6) is 0 Å². The molecule has 0 aromatic heterocycles. The summed E-state index contributed by atoms with van der Waals surface area (Å²) in [4.78, 5) is 14.5. The molecule has 4 nitrogen and oxygen atoms in total. The van der Waals surface area contributed by atoms with Crippen molar-refractivity contribution in [2.45, 2.75) is 76.9 Å². The zero-order chi connectivity index (χ0) is 15.6. The van der Waals surface area contributed by atoms with Crippen LogP contribution in [0.4, 0.5) is 0 Å². The Balaban J connectivity index is 1.91. The molecule has 122 valence electrons. The van der Waals surface area contributed by atoms with Gasteiger partial charge in [-0.25, -0.2) is 0 Å². The summed E-state index contributed by atoms with van der Waals surface area (Å²) in [5, 5.41) is 0.0459. The van der Waals surface area contributed by atoms with Gasteiger partial charge in [-0.15, -0.1) is 0 Å². The minimum absolute atomic E-state index is 0.0309. The molecule has 0 aromatic carbocycles. The fraction of sp³-hybridized carbons (Fsp3) is 0.938. The second kappa shape index (κ2) is 7.23. The summed E-state index contributed by atoms with van der Waals surface area (Å²) in [5.41, 5.74) is 0. The SMILES string of the molecule is CC1CCCC(OC(C)C(=O)N2CCS(=O)C(C)C2C)C1. The summed E-state index contributed by atoms with van der Waals surface area (Å²) in [6.45, 7) is 8.67. The highest BCUT2D eigenvalue weighted by Gasteiger charge is 2.35. The minimum Gasteiger partial charge on any atom is -0.365 e. The van der Waals surface area contributed by atoms with Gasteiger partial charge in [0.05, 0.1) is 11.4 Å². The van der Waals surface area contributed by atoms with Crippen molar-refractivity contribution < 1.29 is 13.7 Å². The third-order valence-electron chi connectivity index (χ3n) is 5.03. The maximum atomic E-state index is 12.6. The van der Waals surface area contributed by atoms with Gasteiger partial charge in [0.2, 0.25) is 0 Å². The fourth-order valence-corrected chi connectivity index (χ4v) is 4.78. The number of hydrogen-bond donors (Lipinski definition) is 0. The number of nitrogens with zero attached hydrogens (tertiary/aromatic N) is 1. The van der Waals surface area contributed by atoms with Crippen molar-refractivity contribution in [3.05, 3.63) is 0 Å². The lowest BCUT2D eigenvalue weighted by atomic mass is 9.88. The normalized spacial score (nSPS) is 39.0. The third kappa shape index (κ3) is 4.07. The van der Waals surface area contributed by atoms with Gasteiger partial charge in [-0.2, -0.15) is 0 Å². The molecule has 6 unspecified atom stereocenters. The molecule has 1 saturated heterocycles. The van der Waals surface area contributed by atoms with E-state index in [1.807, 2.05) is 25.7 Å². The van der Waals surface area contributed by atoms with E-state index in [1.165, 1.54) is 12.8 Å². The lowest BCUT2D eigenvalue weighted by Crippen LogP contribution is -2.55.